The van der Waals surface area contributed by atoms with Crippen LogP contribution in [0.5, 0.6) is 0 Å². The quantitative estimate of drug-likeness (QED) is 0.439. The maximum Gasteiger partial charge on any atom is 0.293 e. The Morgan fingerprint density at radius 2 is 1.88 bits per heavy atom. The Hall–Kier alpha value is -4.18. The van der Waals surface area contributed by atoms with Crippen LogP contribution in [0, 0.1) is 0 Å². The summed E-state index contributed by atoms with van der Waals surface area (Å²) in [5, 5.41) is 16.6. The first-order chi connectivity index (χ1) is 16.3. The molecule has 0 bridgehead atoms. The lowest BCUT2D eigenvalue weighted by Crippen LogP contribution is -2.29. The van der Waals surface area contributed by atoms with Gasteiger partial charge in [-0.05, 0) is 50.2 Å². The molecule has 0 amide bonds. The van der Waals surface area contributed by atoms with Crippen molar-refractivity contribution in [3.05, 3.63) is 71.4 Å². The number of aromatic nitrogens is 7. The highest BCUT2D eigenvalue weighted by Gasteiger charge is 2.19. The first-order valence-electron chi connectivity index (χ1n) is 10.9. The highest BCUT2D eigenvalue weighted by molar-refractivity contribution is 5.93. The van der Waals surface area contributed by atoms with E-state index >= 15 is 0 Å². The van der Waals surface area contributed by atoms with E-state index in [2.05, 4.69) is 20.7 Å². The first kappa shape index (κ1) is 19.5. The van der Waals surface area contributed by atoms with Gasteiger partial charge in [0.1, 0.15) is 5.69 Å². The number of piperidine rings is 1. The molecule has 2 N–H and O–H groups in total. The molecule has 10 heteroatoms. The smallest absolute Gasteiger partial charge is 0.293 e. The third-order valence-corrected chi connectivity index (χ3v) is 5.85. The largest absolute Gasteiger partial charge is 0.319 e. The molecule has 0 spiro atoms. The first-order valence-corrected chi connectivity index (χ1v) is 10.9. The van der Waals surface area contributed by atoms with Gasteiger partial charge in [0.25, 0.3) is 5.56 Å². The van der Waals surface area contributed by atoms with E-state index in [0.29, 0.717) is 29.1 Å². The lowest BCUT2D eigenvalue weighted by atomic mass is 10.1. The van der Waals surface area contributed by atoms with Crippen LogP contribution in [0.2, 0.25) is 0 Å². The van der Waals surface area contributed by atoms with Crippen LogP contribution in [0.25, 0.3) is 27.9 Å². The lowest BCUT2D eigenvalue weighted by molar-refractivity contribution is 0.343. The fourth-order valence-electron chi connectivity index (χ4n) is 4.15. The average Bonchev–Trinajstić information content (AvgIpc) is 3.47. The van der Waals surface area contributed by atoms with E-state index in [0.717, 1.165) is 42.4 Å². The molecule has 1 fully saturated rings. The monoisotopic (exact) mass is 439 g/mol. The van der Waals surface area contributed by atoms with Crippen LogP contribution in [0.1, 0.15) is 18.9 Å². The van der Waals surface area contributed by atoms with Crippen molar-refractivity contribution in [3.63, 3.8) is 0 Å². The maximum absolute atomic E-state index is 12.3. The number of benzene rings is 1. The van der Waals surface area contributed by atoms with Crippen molar-refractivity contribution >= 4 is 28.2 Å². The van der Waals surface area contributed by atoms with E-state index in [1.54, 1.807) is 28.9 Å². The van der Waals surface area contributed by atoms with Crippen molar-refractivity contribution in [2.75, 3.05) is 18.4 Å². The molecular weight excluding hydrogens is 418 g/mol. The number of rotatable bonds is 4. The van der Waals surface area contributed by atoms with Crippen LogP contribution in [0.4, 0.5) is 11.6 Å². The van der Waals surface area contributed by atoms with Gasteiger partial charge in [0.2, 0.25) is 5.95 Å². The van der Waals surface area contributed by atoms with Crippen LogP contribution < -0.4 is 16.2 Å². The Bertz CT molecular complexity index is 1520. The zero-order chi connectivity index (χ0) is 22.2. The molecule has 10 nitrogen and oxygen atoms in total. The Labute approximate surface area is 188 Å². The SMILES string of the molecule is O=c1nccccc1Nc1nc2ccccc2c2nc(-c3cnn(C4CCNCC4)c3)nn12. The summed E-state index contributed by atoms with van der Waals surface area (Å²) >= 11 is 0. The summed E-state index contributed by atoms with van der Waals surface area (Å²) in [6.45, 7) is 1.99. The molecule has 0 radical (unpaired) electrons. The molecule has 0 saturated carbocycles. The number of hydrogen-bond donors (Lipinski definition) is 2. The number of hydrogen-bond acceptors (Lipinski definition) is 8. The molecule has 33 heavy (non-hydrogen) atoms. The Kier molecular flexibility index (Phi) is 4.76. The van der Waals surface area contributed by atoms with E-state index < -0.39 is 0 Å². The molecule has 164 valence electrons. The van der Waals surface area contributed by atoms with Gasteiger partial charge in [-0.3, -0.25) is 9.48 Å². The van der Waals surface area contributed by atoms with E-state index in [1.165, 1.54) is 6.20 Å². The van der Waals surface area contributed by atoms with E-state index in [1.807, 2.05) is 35.1 Å². The minimum absolute atomic E-state index is 0.305. The van der Waals surface area contributed by atoms with Crippen molar-refractivity contribution in [2.24, 2.45) is 0 Å². The molecular formula is C23H21N9O. The zero-order valence-corrected chi connectivity index (χ0v) is 17.7. The van der Waals surface area contributed by atoms with Crippen LogP contribution in [-0.4, -0.2) is 47.4 Å². The van der Waals surface area contributed by atoms with Gasteiger partial charge in [0.15, 0.2) is 11.5 Å². The highest BCUT2D eigenvalue weighted by atomic mass is 16.1. The second-order valence-corrected chi connectivity index (χ2v) is 7.99. The Morgan fingerprint density at radius 1 is 1.03 bits per heavy atom. The minimum Gasteiger partial charge on any atom is -0.319 e. The van der Waals surface area contributed by atoms with Crippen molar-refractivity contribution < 1.29 is 0 Å². The van der Waals surface area contributed by atoms with Crippen LogP contribution >= 0.6 is 0 Å². The van der Waals surface area contributed by atoms with Gasteiger partial charge in [-0.25, -0.2) is 15.0 Å². The normalized spacial score (nSPS) is 14.7. The third-order valence-electron chi connectivity index (χ3n) is 5.85. The number of fused-ring (bicyclic) bond motifs is 3. The van der Waals surface area contributed by atoms with Gasteiger partial charge < -0.3 is 10.6 Å². The molecule has 0 unspecified atom stereocenters. The molecule has 6 rings (SSSR count). The minimum atomic E-state index is -0.383. The lowest BCUT2D eigenvalue weighted by Gasteiger charge is -2.22. The standard InChI is InChI=1S/C23H21N9O/c33-22-19(7-3-4-10-25-22)28-23-27-18-6-2-1-5-17(18)21-29-20(30-32(21)23)15-13-26-31(14-15)16-8-11-24-12-9-16/h1-7,10,13-14,16,24H,8-9,11-12H2,(H,25,27,28,33). The van der Waals surface area contributed by atoms with Gasteiger partial charge in [-0.15, -0.1) is 5.10 Å². The van der Waals surface area contributed by atoms with Crippen molar-refractivity contribution in [1.29, 1.82) is 0 Å². The molecule has 5 heterocycles. The van der Waals surface area contributed by atoms with Crippen LogP contribution in [-0.2, 0) is 0 Å². The highest BCUT2D eigenvalue weighted by Crippen LogP contribution is 2.26. The number of anilines is 2. The molecule has 0 aliphatic carbocycles. The summed E-state index contributed by atoms with van der Waals surface area (Å²) in [5.41, 5.74) is 2.15. The molecule has 1 aromatic carbocycles. The average molecular weight is 439 g/mol. The van der Waals surface area contributed by atoms with Crippen LogP contribution in [0.15, 0.2) is 65.8 Å². The van der Waals surface area contributed by atoms with E-state index in [4.69, 9.17) is 15.1 Å². The van der Waals surface area contributed by atoms with Gasteiger partial charge in [-0.1, -0.05) is 18.2 Å². The van der Waals surface area contributed by atoms with Crippen LogP contribution in [0.3, 0.4) is 0 Å². The number of para-hydroxylation sites is 1. The zero-order valence-electron chi connectivity index (χ0n) is 17.7. The number of nitrogens with one attached hydrogen (secondary N) is 2. The summed E-state index contributed by atoms with van der Waals surface area (Å²) < 4.78 is 3.64. The van der Waals surface area contributed by atoms with Gasteiger partial charge in [0.05, 0.1) is 23.3 Å². The van der Waals surface area contributed by atoms with Crippen molar-refractivity contribution in [1.82, 2.24) is 39.7 Å². The maximum atomic E-state index is 12.3. The Morgan fingerprint density at radius 3 is 2.79 bits per heavy atom. The topological polar surface area (TPSA) is 115 Å². The second-order valence-electron chi connectivity index (χ2n) is 7.99. The molecule has 1 aliphatic heterocycles. The van der Waals surface area contributed by atoms with Gasteiger partial charge in [0, 0.05) is 17.8 Å². The predicted molar refractivity (Wildman–Crippen MR) is 124 cm³/mol. The van der Waals surface area contributed by atoms with E-state index in [9.17, 15) is 4.79 Å². The molecule has 4 aromatic heterocycles. The van der Waals surface area contributed by atoms with Gasteiger partial charge in [-0.2, -0.15) is 9.61 Å². The summed E-state index contributed by atoms with van der Waals surface area (Å²) in [5.74, 6) is 0.939. The van der Waals surface area contributed by atoms with E-state index in [-0.39, 0.29) is 5.56 Å². The third kappa shape index (κ3) is 3.60. The fourth-order valence-corrected chi connectivity index (χ4v) is 4.15. The fraction of sp³-hybridized carbons (Fsp3) is 0.217. The Balaban J connectivity index is 1.47. The molecule has 5 aromatic rings. The van der Waals surface area contributed by atoms with Crippen molar-refractivity contribution in [2.45, 2.75) is 18.9 Å². The second kappa shape index (κ2) is 8.06. The summed E-state index contributed by atoms with van der Waals surface area (Å²) in [4.78, 5) is 25.7. The molecule has 1 saturated heterocycles. The summed E-state index contributed by atoms with van der Waals surface area (Å²) in [7, 11) is 0. The van der Waals surface area contributed by atoms with Crippen molar-refractivity contribution in [3.8, 4) is 11.4 Å². The predicted octanol–water partition coefficient (Wildman–Crippen LogP) is 2.56. The summed E-state index contributed by atoms with van der Waals surface area (Å²) in [6.07, 6.45) is 7.36. The molecule has 0 atom stereocenters. The summed E-state index contributed by atoms with van der Waals surface area (Å²) in [6, 6.07) is 13.2. The number of nitrogens with zero attached hydrogens (tertiary/aromatic N) is 7. The molecule has 1 aliphatic rings. The van der Waals surface area contributed by atoms with Gasteiger partial charge >= 0.3 is 0 Å².